The van der Waals surface area contributed by atoms with Gasteiger partial charge in [-0.25, -0.2) is 9.97 Å². The van der Waals surface area contributed by atoms with Gasteiger partial charge >= 0.3 is 0 Å². The van der Waals surface area contributed by atoms with E-state index < -0.39 is 0 Å². The highest BCUT2D eigenvalue weighted by Crippen LogP contribution is 2.38. The molecule has 2 fully saturated rings. The Balaban J connectivity index is 1.61. The summed E-state index contributed by atoms with van der Waals surface area (Å²) in [5.41, 5.74) is 2.78. The zero-order valence-electron chi connectivity index (χ0n) is 18.2. The molecule has 3 aromatic rings. The lowest BCUT2D eigenvalue weighted by molar-refractivity contribution is -0.117. The minimum atomic E-state index is -0.121. The zero-order valence-corrected chi connectivity index (χ0v) is 18.9. The van der Waals surface area contributed by atoms with Gasteiger partial charge in [0.2, 0.25) is 5.91 Å². The first-order valence-corrected chi connectivity index (χ1v) is 11.3. The van der Waals surface area contributed by atoms with Gasteiger partial charge in [0.25, 0.3) is 0 Å². The van der Waals surface area contributed by atoms with E-state index in [1.165, 1.54) is 0 Å². The first-order chi connectivity index (χ1) is 15.5. The molecule has 1 aliphatic heterocycles. The number of aryl methyl sites for hydroxylation is 1. The number of nitrogens with zero attached hydrogens (tertiary/aromatic N) is 3. The van der Waals surface area contributed by atoms with E-state index in [-0.39, 0.29) is 18.1 Å². The lowest BCUT2D eigenvalue weighted by atomic mass is 10.2. The van der Waals surface area contributed by atoms with Crippen LogP contribution in [-0.4, -0.2) is 34.2 Å². The minimum absolute atomic E-state index is 0.000148. The molecule has 8 nitrogen and oxygen atoms in total. The number of fused-ring (bicyclic) bond motifs is 1. The molecular weight excluding hydrogens is 430 g/mol. The fourth-order valence-corrected chi connectivity index (χ4v) is 4.39. The first-order valence-electron chi connectivity index (χ1n) is 11.0. The molecule has 1 amide bonds. The summed E-state index contributed by atoms with van der Waals surface area (Å²) in [4.78, 5) is 22.0. The third kappa shape index (κ3) is 4.00. The minimum Gasteiger partial charge on any atom is -0.493 e. The Morgan fingerprint density at radius 2 is 2.06 bits per heavy atom. The van der Waals surface area contributed by atoms with Crippen molar-refractivity contribution in [3.05, 3.63) is 35.1 Å². The van der Waals surface area contributed by atoms with Crippen molar-refractivity contribution in [2.45, 2.75) is 45.3 Å². The van der Waals surface area contributed by atoms with Gasteiger partial charge in [0.05, 0.1) is 23.5 Å². The third-order valence-corrected chi connectivity index (χ3v) is 6.21. The second-order valence-corrected chi connectivity index (χ2v) is 8.69. The number of methoxy groups -OCH3 is 1. The number of carbonyl (C=O) groups excluding carboxylic acids is 1. The number of hydrogen-bond acceptors (Lipinski definition) is 6. The van der Waals surface area contributed by atoms with E-state index in [9.17, 15) is 4.79 Å². The Bertz CT molecular complexity index is 1170. The second-order valence-electron chi connectivity index (χ2n) is 8.29. The fraction of sp³-hybridized carbons (Fsp3) is 0.435. The summed E-state index contributed by atoms with van der Waals surface area (Å²) in [6, 6.07) is 7.31. The molecule has 1 atom stereocenters. The SMILES string of the molecule is COc1c(Cl)cccc1Nc1cc(NC(=O)C2CC2)nc2c1nc(C)n2C1CCCCO1. The summed E-state index contributed by atoms with van der Waals surface area (Å²) in [5.74, 6) is 1.90. The van der Waals surface area contributed by atoms with Gasteiger partial charge < -0.3 is 20.1 Å². The molecule has 5 rings (SSSR count). The molecule has 0 spiro atoms. The van der Waals surface area contributed by atoms with E-state index in [4.69, 9.17) is 31.0 Å². The molecule has 2 N–H and O–H groups in total. The first kappa shape index (κ1) is 21.0. The number of benzene rings is 1. The average molecular weight is 456 g/mol. The average Bonchev–Trinajstić information content (AvgIpc) is 3.58. The van der Waals surface area contributed by atoms with Crippen molar-refractivity contribution in [2.75, 3.05) is 24.4 Å². The highest BCUT2D eigenvalue weighted by molar-refractivity contribution is 6.32. The van der Waals surface area contributed by atoms with Gasteiger partial charge in [0.15, 0.2) is 11.4 Å². The van der Waals surface area contributed by atoms with Gasteiger partial charge in [0, 0.05) is 18.6 Å². The fourth-order valence-electron chi connectivity index (χ4n) is 4.14. The number of nitrogens with one attached hydrogen (secondary N) is 2. The Morgan fingerprint density at radius 3 is 2.78 bits per heavy atom. The third-order valence-electron chi connectivity index (χ3n) is 5.91. The van der Waals surface area contributed by atoms with Gasteiger partial charge in [-0.05, 0) is 51.2 Å². The van der Waals surface area contributed by atoms with Crippen LogP contribution in [0.1, 0.15) is 44.2 Å². The van der Waals surface area contributed by atoms with Crippen molar-refractivity contribution in [3.63, 3.8) is 0 Å². The van der Waals surface area contributed by atoms with Gasteiger partial charge in [-0.1, -0.05) is 17.7 Å². The Morgan fingerprint density at radius 1 is 1.22 bits per heavy atom. The molecule has 2 aliphatic rings. The number of ether oxygens (including phenoxy) is 2. The number of hydrogen-bond donors (Lipinski definition) is 2. The highest BCUT2D eigenvalue weighted by Gasteiger charge is 2.30. The lowest BCUT2D eigenvalue weighted by Crippen LogP contribution is -2.20. The van der Waals surface area contributed by atoms with Crippen molar-refractivity contribution in [1.29, 1.82) is 0 Å². The van der Waals surface area contributed by atoms with Crippen molar-refractivity contribution >= 4 is 45.9 Å². The predicted octanol–water partition coefficient (Wildman–Crippen LogP) is 5.19. The van der Waals surface area contributed by atoms with Crippen LogP contribution in [0, 0.1) is 12.8 Å². The van der Waals surface area contributed by atoms with E-state index in [0.29, 0.717) is 45.7 Å². The number of pyridine rings is 1. The van der Waals surface area contributed by atoms with E-state index in [0.717, 1.165) is 37.9 Å². The number of aromatic nitrogens is 3. The van der Waals surface area contributed by atoms with Crippen molar-refractivity contribution < 1.29 is 14.3 Å². The molecule has 0 bridgehead atoms. The van der Waals surface area contributed by atoms with Gasteiger partial charge in [-0.2, -0.15) is 0 Å². The molecule has 1 saturated heterocycles. The van der Waals surface area contributed by atoms with Crippen molar-refractivity contribution in [3.8, 4) is 5.75 Å². The molecule has 32 heavy (non-hydrogen) atoms. The van der Waals surface area contributed by atoms with Crippen LogP contribution in [0.15, 0.2) is 24.3 Å². The lowest BCUT2D eigenvalue weighted by Gasteiger charge is -2.25. The second kappa shape index (κ2) is 8.60. The molecule has 1 aromatic carbocycles. The Labute approximate surface area is 191 Å². The van der Waals surface area contributed by atoms with Gasteiger partial charge in [-0.15, -0.1) is 0 Å². The number of amides is 1. The largest absolute Gasteiger partial charge is 0.493 e. The monoisotopic (exact) mass is 455 g/mol. The normalized spacial score (nSPS) is 18.5. The molecule has 0 radical (unpaired) electrons. The van der Waals surface area contributed by atoms with Crippen LogP contribution < -0.4 is 15.4 Å². The maximum Gasteiger partial charge on any atom is 0.228 e. The summed E-state index contributed by atoms with van der Waals surface area (Å²) >= 11 is 6.32. The van der Waals surface area contributed by atoms with Crippen LogP contribution in [-0.2, 0) is 9.53 Å². The standard InChI is InChI=1S/C23H26ClN5O3/c1-13-25-20-17(26-16-7-5-6-15(24)21(16)31-2)12-18(28-23(30)14-9-10-14)27-22(20)29(13)19-8-3-4-11-32-19/h5-7,12,14,19H,3-4,8-11H2,1-2H3,(H2,26,27,28,30). The maximum absolute atomic E-state index is 12.5. The van der Waals surface area contributed by atoms with E-state index in [1.807, 2.05) is 29.7 Å². The van der Waals surface area contributed by atoms with Crippen molar-refractivity contribution in [1.82, 2.24) is 14.5 Å². The van der Waals surface area contributed by atoms with E-state index >= 15 is 0 Å². The summed E-state index contributed by atoms with van der Waals surface area (Å²) in [6.45, 7) is 2.67. The van der Waals surface area contributed by atoms with E-state index in [1.54, 1.807) is 13.2 Å². The molecule has 168 valence electrons. The van der Waals surface area contributed by atoms with E-state index in [2.05, 4.69) is 10.6 Å². The maximum atomic E-state index is 12.5. The van der Waals surface area contributed by atoms with Crippen LogP contribution in [0.4, 0.5) is 17.2 Å². The summed E-state index contributed by atoms with van der Waals surface area (Å²) < 4.78 is 13.6. The highest BCUT2D eigenvalue weighted by atomic mass is 35.5. The number of carbonyl (C=O) groups is 1. The molecule has 1 saturated carbocycles. The predicted molar refractivity (Wildman–Crippen MR) is 124 cm³/mol. The molecule has 9 heteroatoms. The summed E-state index contributed by atoms with van der Waals surface area (Å²) in [7, 11) is 1.58. The van der Waals surface area contributed by atoms with Gasteiger partial charge in [0.1, 0.15) is 23.4 Å². The quantitative estimate of drug-likeness (QED) is 0.531. The smallest absolute Gasteiger partial charge is 0.228 e. The van der Waals surface area contributed by atoms with Crippen molar-refractivity contribution in [2.24, 2.45) is 5.92 Å². The number of imidazole rings is 1. The topological polar surface area (TPSA) is 90.3 Å². The van der Waals surface area contributed by atoms with Crippen LogP contribution in [0.2, 0.25) is 5.02 Å². The Hall–Kier alpha value is -2.84. The van der Waals surface area contributed by atoms with Crippen LogP contribution in [0.3, 0.4) is 0 Å². The number of anilines is 3. The number of para-hydroxylation sites is 1. The molecule has 1 unspecified atom stereocenters. The Kier molecular flexibility index (Phi) is 5.65. The molecule has 3 heterocycles. The van der Waals surface area contributed by atoms with Crippen LogP contribution >= 0.6 is 11.6 Å². The summed E-state index contributed by atoms with van der Waals surface area (Å²) in [6.07, 6.45) is 4.77. The van der Waals surface area contributed by atoms with Crippen LogP contribution in [0.25, 0.3) is 11.2 Å². The van der Waals surface area contributed by atoms with Crippen LogP contribution in [0.5, 0.6) is 5.75 Å². The molecule has 2 aromatic heterocycles. The number of halogens is 1. The number of rotatable bonds is 6. The zero-order chi connectivity index (χ0) is 22.2. The molecule has 1 aliphatic carbocycles. The summed E-state index contributed by atoms with van der Waals surface area (Å²) in [5, 5.41) is 6.87. The van der Waals surface area contributed by atoms with Gasteiger partial charge in [-0.3, -0.25) is 9.36 Å². The molecular formula is C23H26ClN5O3.